The zero-order valence-electron chi connectivity index (χ0n) is 12.7. The van der Waals surface area contributed by atoms with Crippen molar-refractivity contribution < 1.29 is 0 Å². The van der Waals surface area contributed by atoms with E-state index in [2.05, 4.69) is 75.8 Å². The third kappa shape index (κ3) is 5.55. The average Bonchev–Trinajstić information content (AvgIpc) is 2.86. The normalized spacial score (nSPS) is 11.2. The quantitative estimate of drug-likeness (QED) is 0.700. The summed E-state index contributed by atoms with van der Waals surface area (Å²) in [6.07, 6.45) is 1.10. The molecule has 0 aliphatic heterocycles. The van der Waals surface area contributed by atoms with Gasteiger partial charge in [-0.05, 0) is 59.7 Å². The Hall–Kier alpha value is -0.680. The third-order valence-electron chi connectivity index (χ3n) is 3.43. The van der Waals surface area contributed by atoms with Gasteiger partial charge in [0.25, 0.3) is 0 Å². The van der Waals surface area contributed by atoms with Crippen molar-refractivity contribution in [2.24, 2.45) is 0 Å². The highest BCUT2D eigenvalue weighted by Crippen LogP contribution is 2.21. The van der Waals surface area contributed by atoms with Crippen LogP contribution in [0.2, 0.25) is 0 Å². The molecule has 0 saturated heterocycles. The van der Waals surface area contributed by atoms with Crippen molar-refractivity contribution in [1.82, 2.24) is 10.2 Å². The van der Waals surface area contributed by atoms with E-state index in [9.17, 15) is 0 Å². The second kappa shape index (κ2) is 8.69. The number of thiophene rings is 1. The van der Waals surface area contributed by atoms with E-state index in [0.717, 1.165) is 32.6 Å². The number of rotatable bonds is 8. The van der Waals surface area contributed by atoms with Crippen LogP contribution in [-0.2, 0) is 19.5 Å². The highest BCUT2D eigenvalue weighted by Gasteiger charge is 2.07. The summed E-state index contributed by atoms with van der Waals surface area (Å²) in [5, 5.41) is 5.55. The van der Waals surface area contributed by atoms with E-state index < -0.39 is 0 Å². The van der Waals surface area contributed by atoms with Gasteiger partial charge in [-0.25, -0.2) is 0 Å². The highest BCUT2D eigenvalue weighted by molar-refractivity contribution is 9.10. The van der Waals surface area contributed by atoms with Crippen LogP contribution in [-0.4, -0.2) is 25.0 Å². The molecule has 0 unspecified atom stereocenters. The van der Waals surface area contributed by atoms with Gasteiger partial charge in [-0.15, -0.1) is 11.3 Å². The molecule has 0 atom stereocenters. The Bertz CT molecular complexity index is 553. The number of likely N-dealkylation sites (N-methyl/N-ethyl adjacent to an activating group) is 1. The van der Waals surface area contributed by atoms with Gasteiger partial charge in [0.05, 0.1) is 0 Å². The summed E-state index contributed by atoms with van der Waals surface area (Å²) in [7, 11) is 2.19. The Balaban J connectivity index is 1.94. The molecule has 1 N–H and O–H groups in total. The summed E-state index contributed by atoms with van der Waals surface area (Å²) >= 11 is 5.33. The number of hydrogen-bond donors (Lipinski definition) is 1. The minimum Gasteiger partial charge on any atom is -0.317 e. The van der Waals surface area contributed by atoms with Gasteiger partial charge in [0.15, 0.2) is 0 Å². The molecule has 2 nitrogen and oxygen atoms in total. The maximum atomic E-state index is 3.52. The molecular formula is C17H23BrN2S. The van der Waals surface area contributed by atoms with E-state index in [0.29, 0.717) is 0 Å². The molecule has 0 bridgehead atoms. The molecule has 2 aromatic rings. The fourth-order valence-corrected chi connectivity index (χ4v) is 3.94. The van der Waals surface area contributed by atoms with E-state index in [4.69, 9.17) is 0 Å². The molecule has 2 rings (SSSR count). The van der Waals surface area contributed by atoms with E-state index in [-0.39, 0.29) is 0 Å². The van der Waals surface area contributed by atoms with Crippen molar-refractivity contribution in [2.45, 2.75) is 26.4 Å². The maximum absolute atomic E-state index is 3.52. The van der Waals surface area contributed by atoms with Crippen LogP contribution < -0.4 is 5.32 Å². The number of hydrogen-bond acceptors (Lipinski definition) is 3. The predicted molar refractivity (Wildman–Crippen MR) is 95.9 cm³/mol. The van der Waals surface area contributed by atoms with Gasteiger partial charge < -0.3 is 5.32 Å². The minimum atomic E-state index is 0.998. The Morgan fingerprint density at radius 3 is 2.62 bits per heavy atom. The van der Waals surface area contributed by atoms with E-state index in [1.807, 2.05) is 11.3 Å². The molecule has 1 aromatic heterocycles. The maximum Gasteiger partial charge on any atom is 0.0328 e. The topological polar surface area (TPSA) is 15.3 Å². The number of benzene rings is 1. The SMILES string of the molecule is CCNCCc1ccccc1CN(C)Cc1cc(Br)cs1. The molecule has 0 aliphatic rings. The van der Waals surface area contributed by atoms with Crippen LogP contribution in [0.4, 0.5) is 0 Å². The molecule has 1 aromatic carbocycles. The average molecular weight is 367 g/mol. The fourth-order valence-electron chi connectivity index (χ4n) is 2.40. The minimum absolute atomic E-state index is 0.998. The van der Waals surface area contributed by atoms with E-state index in [1.165, 1.54) is 20.5 Å². The van der Waals surface area contributed by atoms with Crippen molar-refractivity contribution >= 4 is 27.3 Å². The summed E-state index contributed by atoms with van der Waals surface area (Å²) in [5.74, 6) is 0. The van der Waals surface area contributed by atoms with Gasteiger partial charge >= 0.3 is 0 Å². The molecule has 0 aliphatic carbocycles. The van der Waals surface area contributed by atoms with Crippen LogP contribution in [0, 0.1) is 0 Å². The van der Waals surface area contributed by atoms with Gasteiger partial charge in [0.2, 0.25) is 0 Å². The Kier molecular flexibility index (Phi) is 6.90. The van der Waals surface area contributed by atoms with Crippen LogP contribution in [0.25, 0.3) is 0 Å². The first kappa shape index (κ1) is 16.7. The second-order valence-electron chi connectivity index (χ2n) is 5.28. The van der Waals surface area contributed by atoms with E-state index in [1.54, 1.807) is 0 Å². The molecule has 4 heteroatoms. The molecule has 0 saturated carbocycles. The molecule has 0 radical (unpaired) electrons. The first-order chi connectivity index (χ1) is 10.2. The first-order valence-corrected chi connectivity index (χ1v) is 9.05. The van der Waals surface area contributed by atoms with Crippen LogP contribution in [0.15, 0.2) is 40.2 Å². The van der Waals surface area contributed by atoms with Gasteiger partial charge in [-0.1, -0.05) is 31.2 Å². The lowest BCUT2D eigenvalue weighted by Crippen LogP contribution is -2.20. The predicted octanol–water partition coefficient (Wildman–Crippen LogP) is 4.29. The van der Waals surface area contributed by atoms with Crippen molar-refractivity contribution in [3.8, 4) is 0 Å². The molecule has 0 fully saturated rings. The monoisotopic (exact) mass is 366 g/mol. The number of nitrogens with one attached hydrogen (secondary N) is 1. The standard InChI is InChI=1S/C17H23BrN2S/c1-3-19-9-8-14-6-4-5-7-15(14)11-20(2)12-17-10-16(18)13-21-17/h4-7,10,13,19H,3,8-9,11-12H2,1-2H3. The highest BCUT2D eigenvalue weighted by atomic mass is 79.9. The lowest BCUT2D eigenvalue weighted by molar-refractivity contribution is 0.321. The lowest BCUT2D eigenvalue weighted by atomic mass is 10.0. The summed E-state index contributed by atoms with van der Waals surface area (Å²) in [6, 6.07) is 11.0. The smallest absolute Gasteiger partial charge is 0.0328 e. The molecule has 0 spiro atoms. The van der Waals surface area contributed by atoms with Crippen molar-refractivity contribution in [2.75, 3.05) is 20.1 Å². The fraction of sp³-hybridized carbons (Fsp3) is 0.412. The summed E-state index contributed by atoms with van der Waals surface area (Å²) in [6.45, 7) is 6.24. The number of nitrogens with zero attached hydrogens (tertiary/aromatic N) is 1. The number of halogens is 1. The summed E-state index contributed by atoms with van der Waals surface area (Å²) in [5.41, 5.74) is 2.89. The van der Waals surface area contributed by atoms with Gasteiger partial charge in [-0.2, -0.15) is 0 Å². The van der Waals surface area contributed by atoms with Crippen molar-refractivity contribution in [1.29, 1.82) is 0 Å². The van der Waals surface area contributed by atoms with Crippen LogP contribution >= 0.6 is 27.3 Å². The molecule has 114 valence electrons. The molecular weight excluding hydrogens is 344 g/mol. The van der Waals surface area contributed by atoms with Gasteiger partial charge in [0.1, 0.15) is 0 Å². The Morgan fingerprint density at radius 1 is 1.19 bits per heavy atom. The molecule has 1 heterocycles. The second-order valence-corrected chi connectivity index (χ2v) is 7.19. The lowest BCUT2D eigenvalue weighted by Gasteiger charge is -2.18. The van der Waals surface area contributed by atoms with Crippen LogP contribution in [0.3, 0.4) is 0 Å². The van der Waals surface area contributed by atoms with Gasteiger partial charge in [-0.3, -0.25) is 4.90 Å². The third-order valence-corrected chi connectivity index (χ3v) is 5.11. The summed E-state index contributed by atoms with van der Waals surface area (Å²) in [4.78, 5) is 3.78. The van der Waals surface area contributed by atoms with Gasteiger partial charge in [0, 0.05) is 27.8 Å². The zero-order chi connectivity index (χ0) is 15.1. The molecule has 0 amide bonds. The molecule has 21 heavy (non-hydrogen) atoms. The largest absolute Gasteiger partial charge is 0.317 e. The first-order valence-electron chi connectivity index (χ1n) is 7.38. The summed E-state index contributed by atoms with van der Waals surface area (Å²) < 4.78 is 1.18. The Morgan fingerprint density at radius 2 is 1.95 bits per heavy atom. The van der Waals surface area contributed by atoms with Crippen LogP contribution in [0.1, 0.15) is 22.9 Å². The Labute approximate surface area is 140 Å². The zero-order valence-corrected chi connectivity index (χ0v) is 15.1. The van der Waals surface area contributed by atoms with Crippen molar-refractivity contribution in [3.63, 3.8) is 0 Å². The van der Waals surface area contributed by atoms with Crippen molar-refractivity contribution in [3.05, 3.63) is 56.2 Å². The van der Waals surface area contributed by atoms with Crippen LogP contribution in [0.5, 0.6) is 0 Å². The van der Waals surface area contributed by atoms with E-state index >= 15 is 0 Å².